The van der Waals surface area contributed by atoms with Crippen LogP contribution in [0.2, 0.25) is 0 Å². The number of benzene rings is 2. The Morgan fingerprint density at radius 1 is 1.03 bits per heavy atom. The second-order valence-electron chi connectivity index (χ2n) is 8.84. The molecule has 9 nitrogen and oxygen atoms in total. The minimum atomic E-state index is -3.54. The lowest BCUT2D eigenvalue weighted by atomic mass is 10.1. The van der Waals surface area contributed by atoms with E-state index in [1.165, 1.54) is 30.2 Å². The number of thioether (sulfide) groups is 1. The first-order valence-corrected chi connectivity index (χ1v) is 14.3. The molecular formula is C26H28N6O3S2. The molecule has 0 amide bonds. The van der Waals surface area contributed by atoms with Gasteiger partial charge < -0.3 is 8.98 Å². The Kier molecular flexibility index (Phi) is 6.93. The van der Waals surface area contributed by atoms with E-state index in [0.717, 1.165) is 39.2 Å². The maximum absolute atomic E-state index is 12.6. The largest absolute Gasteiger partial charge is 0.467 e. The van der Waals surface area contributed by atoms with E-state index < -0.39 is 10.0 Å². The van der Waals surface area contributed by atoms with Crippen LogP contribution in [0.5, 0.6) is 0 Å². The summed E-state index contributed by atoms with van der Waals surface area (Å²) in [7, 11) is -0.495. The number of imidazole rings is 1. The molecule has 3 heterocycles. The van der Waals surface area contributed by atoms with Crippen molar-refractivity contribution in [1.82, 2.24) is 28.6 Å². The standard InChI is InChI=1S/C26H28N6O3S2/c1-5-31-23-12-11-21(37(33,34)30(3)4)15-22(23)27-24(31)17-36-26-29-28-25(19-9-6-8-18(2)14-19)32(26)16-20-10-7-13-35-20/h6-15H,5,16-17H2,1-4H3. The topological polar surface area (TPSA) is 99.0 Å². The van der Waals surface area contributed by atoms with Gasteiger partial charge in [0.25, 0.3) is 0 Å². The fraction of sp³-hybridized carbons (Fsp3) is 0.269. The van der Waals surface area contributed by atoms with Gasteiger partial charge in [0.15, 0.2) is 11.0 Å². The van der Waals surface area contributed by atoms with Gasteiger partial charge in [-0.05, 0) is 50.2 Å². The Labute approximate surface area is 220 Å². The van der Waals surface area contributed by atoms with E-state index in [2.05, 4.69) is 45.3 Å². The monoisotopic (exact) mass is 536 g/mol. The van der Waals surface area contributed by atoms with Crippen LogP contribution in [-0.4, -0.2) is 51.1 Å². The van der Waals surface area contributed by atoms with Crippen LogP contribution >= 0.6 is 11.8 Å². The number of hydrogen-bond donors (Lipinski definition) is 0. The molecule has 0 aliphatic carbocycles. The summed E-state index contributed by atoms with van der Waals surface area (Å²) >= 11 is 1.54. The molecule has 37 heavy (non-hydrogen) atoms. The molecule has 0 fully saturated rings. The van der Waals surface area contributed by atoms with Gasteiger partial charge in [0.2, 0.25) is 10.0 Å². The lowest BCUT2D eigenvalue weighted by Crippen LogP contribution is -2.22. The first-order chi connectivity index (χ1) is 17.8. The number of aryl methyl sites for hydroxylation is 2. The molecule has 0 unspecified atom stereocenters. The fourth-order valence-corrected chi connectivity index (χ4v) is 6.02. The predicted octanol–water partition coefficient (Wildman–Crippen LogP) is 4.81. The molecular weight excluding hydrogens is 508 g/mol. The molecule has 0 radical (unpaired) electrons. The van der Waals surface area contributed by atoms with Crippen molar-refractivity contribution in [2.45, 2.75) is 42.7 Å². The van der Waals surface area contributed by atoms with Crippen molar-refractivity contribution < 1.29 is 12.8 Å². The number of aromatic nitrogens is 5. The zero-order valence-corrected chi connectivity index (χ0v) is 22.8. The Hall–Kier alpha value is -3.41. The number of sulfonamides is 1. The second-order valence-corrected chi connectivity index (χ2v) is 11.9. The van der Waals surface area contributed by atoms with Gasteiger partial charge in [0.1, 0.15) is 11.6 Å². The van der Waals surface area contributed by atoms with E-state index in [1.807, 2.05) is 30.3 Å². The van der Waals surface area contributed by atoms with E-state index in [9.17, 15) is 8.42 Å². The van der Waals surface area contributed by atoms with Gasteiger partial charge in [0, 0.05) is 26.2 Å². The molecule has 0 saturated heterocycles. The lowest BCUT2D eigenvalue weighted by Gasteiger charge is -2.11. The van der Waals surface area contributed by atoms with Gasteiger partial charge in [-0.15, -0.1) is 10.2 Å². The smallest absolute Gasteiger partial charge is 0.242 e. The van der Waals surface area contributed by atoms with Crippen molar-refractivity contribution in [3.8, 4) is 11.4 Å². The summed E-state index contributed by atoms with van der Waals surface area (Å²) in [5, 5.41) is 9.77. The summed E-state index contributed by atoms with van der Waals surface area (Å²) < 4.78 is 36.2. The van der Waals surface area contributed by atoms with Gasteiger partial charge in [-0.1, -0.05) is 35.5 Å². The van der Waals surface area contributed by atoms with Crippen LogP contribution in [0.1, 0.15) is 24.1 Å². The number of nitrogens with zero attached hydrogens (tertiary/aromatic N) is 6. The third-order valence-electron chi connectivity index (χ3n) is 6.11. The van der Waals surface area contributed by atoms with Crippen LogP contribution in [0.15, 0.2) is 75.3 Å². The summed E-state index contributed by atoms with van der Waals surface area (Å²) in [5.74, 6) is 2.96. The molecule has 0 bridgehead atoms. The highest BCUT2D eigenvalue weighted by atomic mass is 32.2. The zero-order valence-electron chi connectivity index (χ0n) is 21.1. The van der Waals surface area contributed by atoms with Gasteiger partial charge >= 0.3 is 0 Å². The molecule has 3 aromatic heterocycles. The van der Waals surface area contributed by atoms with Crippen LogP contribution < -0.4 is 0 Å². The quantitative estimate of drug-likeness (QED) is 0.249. The minimum absolute atomic E-state index is 0.228. The Morgan fingerprint density at radius 3 is 2.57 bits per heavy atom. The molecule has 2 aromatic carbocycles. The number of hydrogen-bond acceptors (Lipinski definition) is 7. The van der Waals surface area contributed by atoms with Gasteiger partial charge in [-0.2, -0.15) is 0 Å². The second kappa shape index (κ2) is 10.2. The molecule has 0 atom stereocenters. The van der Waals surface area contributed by atoms with E-state index in [0.29, 0.717) is 24.4 Å². The molecule has 11 heteroatoms. The fourth-order valence-electron chi connectivity index (χ4n) is 4.22. The van der Waals surface area contributed by atoms with E-state index in [4.69, 9.17) is 9.40 Å². The summed E-state index contributed by atoms with van der Waals surface area (Å²) in [6, 6.07) is 17.1. The molecule has 5 aromatic rings. The van der Waals surface area contributed by atoms with Crippen molar-refractivity contribution in [2.24, 2.45) is 0 Å². The molecule has 0 spiro atoms. The van der Waals surface area contributed by atoms with E-state index in [1.54, 1.807) is 18.4 Å². The maximum atomic E-state index is 12.6. The lowest BCUT2D eigenvalue weighted by molar-refractivity contribution is 0.485. The van der Waals surface area contributed by atoms with Gasteiger partial charge in [0.05, 0.1) is 34.5 Å². The average molecular weight is 537 g/mol. The summed E-state index contributed by atoms with van der Waals surface area (Å²) in [5.41, 5.74) is 3.68. The predicted molar refractivity (Wildman–Crippen MR) is 144 cm³/mol. The van der Waals surface area contributed by atoms with Crippen LogP contribution in [-0.2, 0) is 28.9 Å². The summed E-state index contributed by atoms with van der Waals surface area (Å²) in [4.78, 5) is 5.02. The number of fused-ring (bicyclic) bond motifs is 1. The molecule has 0 aliphatic rings. The van der Waals surface area contributed by atoms with E-state index >= 15 is 0 Å². The third-order valence-corrected chi connectivity index (χ3v) is 8.88. The van der Waals surface area contributed by atoms with Crippen molar-refractivity contribution in [2.75, 3.05) is 14.1 Å². The maximum Gasteiger partial charge on any atom is 0.242 e. The Morgan fingerprint density at radius 2 is 1.86 bits per heavy atom. The van der Waals surface area contributed by atoms with Crippen LogP contribution in [0.4, 0.5) is 0 Å². The summed E-state index contributed by atoms with van der Waals surface area (Å²) in [6.45, 7) is 5.31. The molecule has 0 aliphatic heterocycles. The molecule has 5 rings (SSSR count). The van der Waals surface area contributed by atoms with Gasteiger partial charge in [-0.3, -0.25) is 4.57 Å². The first-order valence-electron chi connectivity index (χ1n) is 11.8. The Bertz CT molecular complexity index is 1650. The van der Waals surface area contributed by atoms with Crippen molar-refractivity contribution in [3.63, 3.8) is 0 Å². The highest BCUT2D eigenvalue weighted by Gasteiger charge is 2.21. The average Bonchev–Trinajstić information content (AvgIpc) is 3.61. The van der Waals surface area contributed by atoms with Crippen molar-refractivity contribution >= 4 is 32.8 Å². The molecule has 192 valence electrons. The van der Waals surface area contributed by atoms with Crippen LogP contribution in [0, 0.1) is 6.92 Å². The highest BCUT2D eigenvalue weighted by Crippen LogP contribution is 2.30. The molecule has 0 N–H and O–H groups in total. The third kappa shape index (κ3) is 4.94. The first kappa shape index (κ1) is 25.2. The minimum Gasteiger partial charge on any atom is -0.467 e. The van der Waals surface area contributed by atoms with Crippen LogP contribution in [0.3, 0.4) is 0 Å². The summed E-state index contributed by atoms with van der Waals surface area (Å²) in [6.07, 6.45) is 1.66. The van der Waals surface area contributed by atoms with Crippen LogP contribution in [0.25, 0.3) is 22.4 Å². The number of rotatable bonds is 9. The van der Waals surface area contributed by atoms with Gasteiger partial charge in [-0.25, -0.2) is 17.7 Å². The van der Waals surface area contributed by atoms with E-state index in [-0.39, 0.29) is 4.90 Å². The van der Waals surface area contributed by atoms with Crippen molar-refractivity contribution in [1.29, 1.82) is 0 Å². The highest BCUT2D eigenvalue weighted by molar-refractivity contribution is 7.98. The normalized spacial score (nSPS) is 12.1. The molecule has 0 saturated carbocycles. The van der Waals surface area contributed by atoms with Crippen molar-refractivity contribution in [3.05, 3.63) is 78.0 Å². The zero-order chi connectivity index (χ0) is 26.2. The SMILES string of the molecule is CCn1c(CSc2nnc(-c3cccc(C)c3)n2Cc2ccco2)nc2cc(S(=O)(=O)N(C)C)ccc21. The number of furan rings is 1. The Balaban J connectivity index is 1.49.